The summed E-state index contributed by atoms with van der Waals surface area (Å²) in [4.78, 5) is 32.9. The van der Waals surface area contributed by atoms with Crippen molar-refractivity contribution >= 4 is 44.1 Å². The first-order valence-corrected chi connectivity index (χ1v) is 34.0. The number of aromatic nitrogens is 8. The molecule has 4 aliphatic rings. The third kappa shape index (κ3) is 18.3. The lowest BCUT2D eigenvalue weighted by atomic mass is 9.91. The van der Waals surface area contributed by atoms with Crippen molar-refractivity contribution in [1.82, 2.24) is 54.2 Å². The maximum absolute atomic E-state index is 11.7. The number of imidazole rings is 2. The molecule has 9 N–H and O–H groups in total. The summed E-state index contributed by atoms with van der Waals surface area (Å²) < 4.78 is 53.7. The van der Waals surface area contributed by atoms with E-state index in [4.69, 9.17) is 38.8 Å². The molecule has 25 nitrogen and oxygen atoms in total. The van der Waals surface area contributed by atoms with Gasteiger partial charge in [0, 0.05) is 65.3 Å². The van der Waals surface area contributed by atoms with Crippen molar-refractivity contribution < 1.29 is 52.0 Å². The molecule has 4 aliphatic heterocycles. The van der Waals surface area contributed by atoms with Crippen LogP contribution in [0.1, 0.15) is 96.7 Å². The first kappa shape index (κ1) is 68.9. The number of nitrogens with zero attached hydrogens (tertiary/aromatic N) is 10. The number of benzene rings is 4. The number of rotatable bonds is 26. The number of aliphatic hydroxyl groups excluding tert-OH is 4. The molecule has 12 rings (SSSR count). The van der Waals surface area contributed by atoms with Gasteiger partial charge < -0.3 is 70.9 Å². The maximum atomic E-state index is 11.7. The van der Waals surface area contributed by atoms with Crippen molar-refractivity contribution in [3.63, 3.8) is 0 Å². The van der Waals surface area contributed by atoms with E-state index in [0.717, 1.165) is 56.7 Å². The number of methoxy groups -OCH3 is 2. The van der Waals surface area contributed by atoms with Crippen LogP contribution in [0, 0.1) is 0 Å². The molecule has 8 atom stereocenters. The zero-order chi connectivity index (χ0) is 65.1. The summed E-state index contributed by atoms with van der Waals surface area (Å²) in [5.74, 6) is 1.71. The second-order valence-corrected chi connectivity index (χ2v) is 25.5. The Morgan fingerprint density at radius 2 is 0.957 bits per heavy atom. The molecule has 0 saturated carbocycles. The summed E-state index contributed by atoms with van der Waals surface area (Å²) in [6.07, 6.45) is 3.99. The summed E-state index contributed by atoms with van der Waals surface area (Å²) in [7, 11) is -0.753. The quantitative estimate of drug-likeness (QED) is 0.0257. The van der Waals surface area contributed by atoms with Gasteiger partial charge in [-0.05, 0) is 74.1 Å². The van der Waals surface area contributed by atoms with E-state index in [0.29, 0.717) is 53.8 Å². The Balaban J connectivity index is 0.000000180. The van der Waals surface area contributed by atoms with Gasteiger partial charge in [0.15, 0.2) is 52.2 Å². The van der Waals surface area contributed by atoms with Gasteiger partial charge >= 0.3 is 0 Å². The van der Waals surface area contributed by atoms with Gasteiger partial charge in [-0.2, -0.15) is 8.42 Å². The van der Waals surface area contributed by atoms with Crippen LogP contribution in [0.3, 0.4) is 0 Å². The topological polar surface area (TPSA) is 317 Å². The summed E-state index contributed by atoms with van der Waals surface area (Å²) in [6, 6.07) is 40.9. The Bertz CT molecular complexity index is 3570. The van der Waals surface area contributed by atoms with Crippen molar-refractivity contribution in [2.24, 2.45) is 5.73 Å². The predicted octanol–water partition coefficient (Wildman–Crippen LogP) is 5.15. The van der Waals surface area contributed by atoms with Crippen LogP contribution in [-0.2, 0) is 46.4 Å². The van der Waals surface area contributed by atoms with Crippen LogP contribution in [0.4, 0.5) is 11.6 Å². The van der Waals surface area contributed by atoms with E-state index in [2.05, 4.69) is 118 Å². The highest BCUT2D eigenvalue weighted by molar-refractivity contribution is 7.85. The highest BCUT2D eigenvalue weighted by atomic mass is 32.2. The molecule has 0 spiro atoms. The molecular formula is C67H90N14O11S. The molecule has 4 aromatic carbocycles. The second-order valence-electron chi connectivity index (χ2n) is 23.9. The SMILES string of the molecule is COC[C@H]1O[C@@H](n2cnc3c(NCC(c4ccccc4)c4ccccc4)nc(CNCCN4CCCCC4)nc32)[C@H](O)[C@@H]1O.COC[C@H]1O[C@@H](n2cnc3c(NCC(c4ccccc4)c4ccccc4)nc(COS(C)(=O)=O)nc32)[C@H](O)[C@@H]1O.NCCN1CCCCC1. The minimum atomic E-state index is -3.76. The van der Waals surface area contributed by atoms with Gasteiger partial charge in [-0.1, -0.05) is 134 Å². The number of nitrogens with one attached hydrogen (secondary N) is 3. The summed E-state index contributed by atoms with van der Waals surface area (Å²) in [6.45, 7) is 9.95. The van der Waals surface area contributed by atoms with Crippen LogP contribution in [0.5, 0.6) is 0 Å². The van der Waals surface area contributed by atoms with Crippen molar-refractivity contribution in [3.05, 3.63) is 168 Å². The normalized spacial score (nSPS) is 22.0. The van der Waals surface area contributed by atoms with Gasteiger partial charge in [0.05, 0.1) is 38.7 Å². The average Bonchev–Trinajstić information content (AvgIpc) is 1.66. The standard InChI is InChI=1S/C33H43N7O4.C27H31N5O7S.C7H16N2/c1-43-21-26-29(41)30(42)33(44-26)40-22-36-28-31(35-19-25(23-11-5-2-6-12-23)24-13-7-3-8-14-24)37-27(38-32(28)40)20-34-15-18-39-16-9-4-10-17-39;1-37-14-20-23(33)24(34)27(39-20)32-16-29-22-25(30-21(31-26(22)32)15-38-40(2,35)36)28-13-19(17-9-5-3-6-10-17)18-11-7-4-8-12-18;8-4-7-9-5-2-1-3-6-9/h2-3,5-8,11-14,22,25-26,29-30,33-34,41-42H,4,9-10,15-21H2,1H3,(H,35,37,38);3-12,16,19-20,23-24,27,33-34H,13-15H2,1-2H3,(H,28,30,31);1-8H2/t26-,29-,30-,33-;20-,23-,24-,27-;/m11./s1. The van der Waals surface area contributed by atoms with E-state index in [1.165, 1.54) is 87.9 Å². The lowest BCUT2D eigenvalue weighted by Crippen LogP contribution is -2.35. The lowest BCUT2D eigenvalue weighted by Gasteiger charge is -2.26. The molecule has 8 aromatic rings. The van der Waals surface area contributed by atoms with Crippen molar-refractivity contribution in [2.75, 3.05) is 110 Å². The van der Waals surface area contributed by atoms with E-state index < -0.39 is 65.8 Å². The molecule has 0 aliphatic carbocycles. The molecule has 4 saturated heterocycles. The zero-order valence-electron chi connectivity index (χ0n) is 53.2. The molecule has 4 aromatic heterocycles. The molecule has 500 valence electrons. The molecule has 26 heteroatoms. The van der Waals surface area contributed by atoms with E-state index in [9.17, 15) is 28.8 Å². The van der Waals surface area contributed by atoms with Crippen LogP contribution >= 0.6 is 0 Å². The lowest BCUT2D eigenvalue weighted by molar-refractivity contribution is -0.0580. The number of nitrogens with two attached hydrogens (primary N) is 1. The Kier molecular flexibility index (Phi) is 25.1. The Morgan fingerprint density at radius 1 is 0.559 bits per heavy atom. The number of anilines is 2. The third-order valence-corrected chi connectivity index (χ3v) is 17.8. The van der Waals surface area contributed by atoms with Gasteiger partial charge in [0.2, 0.25) is 0 Å². The number of likely N-dealkylation sites (tertiary alicyclic amines) is 2. The smallest absolute Gasteiger partial charge is 0.264 e. The van der Waals surface area contributed by atoms with Crippen molar-refractivity contribution in [1.29, 1.82) is 0 Å². The van der Waals surface area contributed by atoms with Gasteiger partial charge in [-0.3, -0.25) is 13.3 Å². The van der Waals surface area contributed by atoms with E-state index in [1.54, 1.807) is 10.9 Å². The number of hydrogen-bond donors (Lipinski definition) is 8. The molecule has 0 amide bonds. The number of piperidine rings is 2. The monoisotopic (exact) mass is 1300 g/mol. The molecule has 4 fully saturated rings. The summed E-state index contributed by atoms with van der Waals surface area (Å²) >= 11 is 0. The van der Waals surface area contributed by atoms with Crippen LogP contribution in [0.25, 0.3) is 22.3 Å². The molecule has 93 heavy (non-hydrogen) atoms. The first-order chi connectivity index (χ1) is 45.3. The number of hydrogen-bond acceptors (Lipinski definition) is 23. The number of fused-ring (bicyclic) bond motifs is 2. The van der Waals surface area contributed by atoms with Crippen LogP contribution in [-0.4, -0.2) is 213 Å². The molecule has 0 unspecified atom stereocenters. The van der Waals surface area contributed by atoms with Gasteiger partial charge in [-0.25, -0.2) is 29.9 Å². The highest BCUT2D eigenvalue weighted by Gasteiger charge is 2.46. The summed E-state index contributed by atoms with van der Waals surface area (Å²) in [5.41, 5.74) is 11.8. The third-order valence-electron chi connectivity index (χ3n) is 17.2. The minimum absolute atomic E-state index is 0.0323. The fourth-order valence-electron chi connectivity index (χ4n) is 12.3. The van der Waals surface area contributed by atoms with Crippen molar-refractivity contribution in [3.8, 4) is 0 Å². The Labute approximate surface area is 543 Å². The van der Waals surface area contributed by atoms with E-state index in [-0.39, 0.29) is 36.5 Å². The average molecular weight is 1300 g/mol. The highest BCUT2D eigenvalue weighted by Crippen LogP contribution is 2.36. The first-order valence-electron chi connectivity index (χ1n) is 32.2. The molecular weight excluding hydrogens is 1210 g/mol. The second kappa shape index (κ2) is 33.9. The molecule has 8 heterocycles. The van der Waals surface area contributed by atoms with Crippen LogP contribution in [0.2, 0.25) is 0 Å². The Morgan fingerprint density at radius 3 is 1.35 bits per heavy atom. The van der Waals surface area contributed by atoms with Gasteiger partial charge in [-0.15, -0.1) is 0 Å². The van der Waals surface area contributed by atoms with Crippen LogP contribution in [0.15, 0.2) is 134 Å². The number of ether oxygens (including phenoxy) is 4. The Hall–Kier alpha value is -6.99. The van der Waals surface area contributed by atoms with Crippen molar-refractivity contribution in [2.45, 2.75) is 113 Å². The largest absolute Gasteiger partial charge is 0.387 e. The predicted molar refractivity (Wildman–Crippen MR) is 354 cm³/mol. The number of aliphatic hydroxyl groups is 4. The fraction of sp³-hybridized carbons (Fsp3) is 0.493. The molecule has 0 bridgehead atoms. The maximum Gasteiger partial charge on any atom is 0.264 e. The minimum Gasteiger partial charge on any atom is -0.387 e. The van der Waals surface area contributed by atoms with Crippen LogP contribution < -0.4 is 21.7 Å². The molecule has 0 radical (unpaired) electrons. The zero-order valence-corrected chi connectivity index (χ0v) is 54.0. The van der Waals surface area contributed by atoms with E-state index in [1.807, 2.05) is 48.5 Å². The van der Waals surface area contributed by atoms with Gasteiger partial charge in [0.25, 0.3) is 10.1 Å². The van der Waals surface area contributed by atoms with Gasteiger partial charge in [0.1, 0.15) is 49.1 Å². The summed E-state index contributed by atoms with van der Waals surface area (Å²) in [5, 5.41) is 53.1. The van der Waals surface area contributed by atoms with E-state index >= 15 is 0 Å². The fourth-order valence-corrected chi connectivity index (χ4v) is 12.7.